The second kappa shape index (κ2) is 14.6. The summed E-state index contributed by atoms with van der Waals surface area (Å²) in [5.74, 6) is 1.54. The van der Waals surface area contributed by atoms with Gasteiger partial charge >= 0.3 is 0 Å². The topological polar surface area (TPSA) is 97.9 Å². The molecule has 0 aliphatic carbocycles. The minimum Gasteiger partial charge on any atom is -0.497 e. The first-order chi connectivity index (χ1) is 20.4. The quantitative estimate of drug-likeness (QED) is 0.191. The van der Waals surface area contributed by atoms with Crippen LogP contribution in [-0.4, -0.2) is 52.3 Å². The van der Waals surface area contributed by atoms with Crippen molar-refractivity contribution in [3.8, 4) is 28.4 Å². The lowest BCUT2D eigenvalue weighted by Crippen LogP contribution is -2.48. The van der Waals surface area contributed by atoms with E-state index in [1.54, 1.807) is 33.5 Å². The van der Waals surface area contributed by atoms with Gasteiger partial charge in [0, 0.05) is 30.8 Å². The maximum atomic E-state index is 13.3. The molecule has 0 bridgehead atoms. The molecule has 8 heteroatoms. The van der Waals surface area contributed by atoms with Crippen molar-refractivity contribution < 1.29 is 23.8 Å². The summed E-state index contributed by atoms with van der Waals surface area (Å²) in [4.78, 5) is 26.4. The van der Waals surface area contributed by atoms with E-state index in [1.807, 2.05) is 85.8 Å². The number of rotatable bonds is 13. The van der Waals surface area contributed by atoms with Crippen LogP contribution in [0.2, 0.25) is 0 Å². The van der Waals surface area contributed by atoms with Crippen LogP contribution >= 0.6 is 0 Å². The fourth-order valence-electron chi connectivity index (χ4n) is 4.55. The lowest BCUT2D eigenvalue weighted by atomic mass is 9.99. The number of nitrogens with one attached hydrogen (secondary N) is 3. The second-order valence-electron chi connectivity index (χ2n) is 9.81. The third-order valence-electron chi connectivity index (χ3n) is 6.86. The molecule has 0 radical (unpaired) electrons. The Labute approximate surface area is 247 Å². The van der Waals surface area contributed by atoms with Crippen molar-refractivity contribution in [2.75, 3.05) is 39.7 Å². The number of hydrogen-bond acceptors (Lipinski definition) is 6. The molecule has 0 aromatic heterocycles. The minimum atomic E-state index is -0.758. The highest BCUT2D eigenvalue weighted by atomic mass is 16.5. The molecule has 1 atom stereocenters. The maximum absolute atomic E-state index is 13.3. The number of carbonyl (C=O) groups excluding carboxylic acids is 2. The first-order valence-electron chi connectivity index (χ1n) is 13.7. The van der Waals surface area contributed by atoms with Gasteiger partial charge in [-0.25, -0.2) is 0 Å². The Bertz CT molecular complexity index is 1490. The van der Waals surface area contributed by atoms with Crippen LogP contribution in [0, 0.1) is 6.92 Å². The van der Waals surface area contributed by atoms with Crippen LogP contribution < -0.4 is 30.2 Å². The zero-order valence-corrected chi connectivity index (χ0v) is 24.4. The van der Waals surface area contributed by atoms with Gasteiger partial charge in [-0.15, -0.1) is 0 Å². The van der Waals surface area contributed by atoms with Gasteiger partial charge in [0.15, 0.2) is 11.5 Å². The van der Waals surface area contributed by atoms with Gasteiger partial charge in [0.25, 0.3) is 5.91 Å². The highest BCUT2D eigenvalue weighted by Crippen LogP contribution is 2.32. The first-order valence-corrected chi connectivity index (χ1v) is 13.7. The number of anilines is 1. The normalized spacial score (nSPS) is 11.2. The van der Waals surface area contributed by atoms with Crippen LogP contribution in [0.15, 0.2) is 91.0 Å². The van der Waals surface area contributed by atoms with Gasteiger partial charge in [-0.3, -0.25) is 9.59 Å². The molecule has 42 heavy (non-hydrogen) atoms. The molecule has 0 saturated carbocycles. The fourth-order valence-corrected chi connectivity index (χ4v) is 4.55. The first kappa shape index (κ1) is 30.0. The smallest absolute Gasteiger partial charge is 0.251 e. The summed E-state index contributed by atoms with van der Waals surface area (Å²) < 4.78 is 16.0. The average molecular weight is 568 g/mol. The summed E-state index contributed by atoms with van der Waals surface area (Å²) in [6.45, 7) is 2.84. The number of ether oxygens (including phenoxy) is 3. The highest BCUT2D eigenvalue weighted by molar-refractivity contribution is 5.97. The predicted octanol–water partition coefficient (Wildman–Crippen LogP) is 5.26. The molecule has 8 nitrogen and oxygen atoms in total. The van der Waals surface area contributed by atoms with Crippen molar-refractivity contribution in [3.05, 3.63) is 108 Å². The third-order valence-corrected chi connectivity index (χ3v) is 6.86. The third kappa shape index (κ3) is 8.04. The Morgan fingerprint density at radius 1 is 0.738 bits per heavy atom. The molecule has 2 amide bonds. The van der Waals surface area contributed by atoms with E-state index in [1.165, 1.54) is 0 Å². The van der Waals surface area contributed by atoms with Crippen molar-refractivity contribution in [1.29, 1.82) is 0 Å². The Morgan fingerprint density at radius 2 is 1.45 bits per heavy atom. The molecule has 0 spiro atoms. The van der Waals surface area contributed by atoms with Crippen LogP contribution in [0.3, 0.4) is 0 Å². The average Bonchev–Trinajstić information content (AvgIpc) is 3.02. The van der Waals surface area contributed by atoms with Gasteiger partial charge in [-0.05, 0) is 72.1 Å². The zero-order chi connectivity index (χ0) is 29.9. The van der Waals surface area contributed by atoms with E-state index in [2.05, 4.69) is 16.0 Å². The number of benzene rings is 4. The summed E-state index contributed by atoms with van der Waals surface area (Å²) in [6, 6.07) is 27.8. The zero-order valence-electron chi connectivity index (χ0n) is 24.4. The maximum Gasteiger partial charge on any atom is 0.251 e. The van der Waals surface area contributed by atoms with Crippen molar-refractivity contribution in [3.63, 3.8) is 0 Å². The largest absolute Gasteiger partial charge is 0.497 e. The van der Waals surface area contributed by atoms with E-state index in [9.17, 15) is 9.59 Å². The van der Waals surface area contributed by atoms with Crippen molar-refractivity contribution in [2.45, 2.75) is 19.4 Å². The van der Waals surface area contributed by atoms with E-state index < -0.39 is 6.04 Å². The number of aryl methyl sites for hydroxylation is 1. The summed E-state index contributed by atoms with van der Waals surface area (Å²) in [5, 5.41) is 9.17. The van der Waals surface area contributed by atoms with Gasteiger partial charge in [-0.2, -0.15) is 0 Å². The molecule has 218 valence electrons. The molecule has 4 aromatic carbocycles. The van der Waals surface area contributed by atoms with Gasteiger partial charge < -0.3 is 30.2 Å². The van der Waals surface area contributed by atoms with Crippen LogP contribution in [0.5, 0.6) is 17.2 Å². The molecule has 4 rings (SSSR count). The summed E-state index contributed by atoms with van der Waals surface area (Å²) in [5.41, 5.74) is 5.29. The summed E-state index contributed by atoms with van der Waals surface area (Å²) in [7, 11) is 4.84. The van der Waals surface area contributed by atoms with Crippen LogP contribution in [-0.2, 0) is 11.2 Å². The second-order valence-corrected chi connectivity index (χ2v) is 9.81. The summed E-state index contributed by atoms with van der Waals surface area (Å²) in [6.07, 6.45) is 0.335. The molecule has 4 aromatic rings. The Hall–Kier alpha value is -4.98. The van der Waals surface area contributed by atoms with E-state index in [0.717, 1.165) is 33.7 Å². The molecule has 0 heterocycles. The van der Waals surface area contributed by atoms with Gasteiger partial charge in [0.05, 0.1) is 21.3 Å². The van der Waals surface area contributed by atoms with Crippen molar-refractivity contribution in [2.24, 2.45) is 0 Å². The number of carbonyl (C=O) groups is 2. The summed E-state index contributed by atoms with van der Waals surface area (Å²) >= 11 is 0. The Balaban J connectivity index is 1.44. The molecule has 0 fully saturated rings. The van der Waals surface area contributed by atoms with Gasteiger partial charge in [0.2, 0.25) is 5.91 Å². The van der Waals surface area contributed by atoms with E-state index in [4.69, 9.17) is 14.2 Å². The van der Waals surface area contributed by atoms with Gasteiger partial charge in [-0.1, -0.05) is 48.0 Å². The lowest BCUT2D eigenvalue weighted by Gasteiger charge is -2.19. The van der Waals surface area contributed by atoms with E-state index in [-0.39, 0.29) is 11.8 Å². The lowest BCUT2D eigenvalue weighted by molar-refractivity contribution is -0.122. The molecule has 1 unspecified atom stereocenters. The van der Waals surface area contributed by atoms with Crippen LogP contribution in [0.4, 0.5) is 5.69 Å². The fraction of sp³-hybridized carbons (Fsp3) is 0.235. The minimum absolute atomic E-state index is 0.253. The predicted molar refractivity (Wildman–Crippen MR) is 166 cm³/mol. The number of methoxy groups -OCH3 is 3. The van der Waals surface area contributed by atoms with Crippen molar-refractivity contribution in [1.82, 2.24) is 10.6 Å². The Kier molecular flexibility index (Phi) is 10.4. The van der Waals surface area contributed by atoms with E-state index >= 15 is 0 Å². The molecule has 0 aliphatic rings. The molecular formula is C34H37N3O5. The highest BCUT2D eigenvalue weighted by Gasteiger charge is 2.22. The molecule has 3 N–H and O–H groups in total. The number of amides is 2. The van der Waals surface area contributed by atoms with Crippen LogP contribution in [0.25, 0.3) is 11.1 Å². The number of hydrogen-bond donors (Lipinski definition) is 3. The molecule has 0 aliphatic heterocycles. The standard InChI is InChI=1S/C34H37N3O5/c1-23-6-5-7-27(20-23)33(38)37-30(34(39)36-19-18-35-28-13-15-29(40-2)16-14-28)21-24-8-10-25(11-9-24)26-12-17-31(41-3)32(22-26)42-4/h5-17,20,22,30,35H,18-19,21H2,1-4H3,(H,36,39)(H,37,38). The van der Waals surface area contributed by atoms with E-state index in [0.29, 0.717) is 36.6 Å². The Morgan fingerprint density at radius 3 is 2.12 bits per heavy atom. The van der Waals surface area contributed by atoms with Crippen molar-refractivity contribution >= 4 is 17.5 Å². The molecular weight excluding hydrogens is 530 g/mol. The van der Waals surface area contributed by atoms with Crippen LogP contribution in [0.1, 0.15) is 21.5 Å². The van der Waals surface area contributed by atoms with Gasteiger partial charge in [0.1, 0.15) is 11.8 Å². The monoisotopic (exact) mass is 567 g/mol. The SMILES string of the molecule is COc1ccc(NCCNC(=O)C(Cc2ccc(-c3ccc(OC)c(OC)c3)cc2)NC(=O)c2cccc(C)c2)cc1. The molecule has 0 saturated heterocycles.